The Labute approximate surface area is 166 Å². The third-order valence-electron chi connectivity index (χ3n) is 5.36. The zero-order chi connectivity index (χ0) is 19.0. The van der Waals surface area contributed by atoms with E-state index in [0.29, 0.717) is 6.04 Å². The molecule has 1 aromatic carbocycles. The maximum atomic E-state index is 6.46. The van der Waals surface area contributed by atoms with Gasteiger partial charge in [0.2, 0.25) is 0 Å². The molecule has 0 aliphatic heterocycles. The maximum absolute atomic E-state index is 6.46. The minimum Gasteiger partial charge on any atom is -0.367 e. The van der Waals surface area contributed by atoms with Crippen molar-refractivity contribution in [1.29, 1.82) is 0 Å². The molecular formula is C22H27ClN4. The molecule has 3 aromatic rings. The lowest BCUT2D eigenvalue weighted by Gasteiger charge is -2.25. The number of aromatic nitrogens is 3. The van der Waals surface area contributed by atoms with E-state index in [4.69, 9.17) is 16.6 Å². The summed E-state index contributed by atoms with van der Waals surface area (Å²) in [6.45, 7) is 6.59. The highest BCUT2D eigenvalue weighted by molar-refractivity contribution is 6.33. The van der Waals surface area contributed by atoms with Crippen LogP contribution in [0.15, 0.2) is 36.5 Å². The second-order valence-corrected chi connectivity index (χ2v) is 8.94. The molecule has 0 spiro atoms. The first-order valence-electron chi connectivity index (χ1n) is 9.84. The molecule has 4 rings (SSSR count). The molecule has 0 radical (unpaired) electrons. The van der Waals surface area contributed by atoms with Crippen LogP contribution in [0.4, 0.5) is 5.82 Å². The summed E-state index contributed by atoms with van der Waals surface area (Å²) < 4.78 is 1.93. The van der Waals surface area contributed by atoms with Crippen LogP contribution in [0.3, 0.4) is 0 Å². The fourth-order valence-electron chi connectivity index (χ4n) is 3.78. The highest BCUT2D eigenvalue weighted by Gasteiger charge is 2.22. The fraction of sp³-hybridized carbons (Fsp3) is 0.455. The van der Waals surface area contributed by atoms with E-state index in [1.165, 1.54) is 32.1 Å². The Balaban J connectivity index is 1.86. The smallest absolute Gasteiger partial charge is 0.165 e. The standard InChI is InChI=1S/C22H27ClN4/c1-22(2,3)19-13-20(25-15-9-5-4-6-10-15)27-21(26-19)17(14-24-27)16-11-7-8-12-18(16)23/h7-8,11-15,25H,4-6,9-10H2,1-3H3. The van der Waals surface area contributed by atoms with Crippen LogP contribution in [-0.2, 0) is 5.41 Å². The van der Waals surface area contributed by atoms with Crippen molar-refractivity contribution in [1.82, 2.24) is 14.6 Å². The minimum absolute atomic E-state index is 0.0488. The number of benzene rings is 1. The van der Waals surface area contributed by atoms with Gasteiger partial charge in [-0.1, -0.05) is 69.8 Å². The van der Waals surface area contributed by atoms with E-state index in [0.717, 1.165) is 33.3 Å². The molecule has 0 atom stereocenters. The zero-order valence-electron chi connectivity index (χ0n) is 16.3. The Morgan fingerprint density at radius 1 is 1.07 bits per heavy atom. The summed E-state index contributed by atoms with van der Waals surface area (Å²) in [5.74, 6) is 1.02. The third-order valence-corrected chi connectivity index (χ3v) is 5.69. The molecule has 1 saturated carbocycles. The van der Waals surface area contributed by atoms with E-state index in [1.807, 2.05) is 35.0 Å². The van der Waals surface area contributed by atoms with Crippen LogP contribution in [0, 0.1) is 0 Å². The Kier molecular flexibility index (Phi) is 4.85. The number of hydrogen-bond donors (Lipinski definition) is 1. The van der Waals surface area contributed by atoms with Crippen molar-refractivity contribution in [3.63, 3.8) is 0 Å². The van der Waals surface area contributed by atoms with Crippen molar-refractivity contribution in [3.8, 4) is 11.1 Å². The van der Waals surface area contributed by atoms with Crippen molar-refractivity contribution in [2.75, 3.05) is 5.32 Å². The van der Waals surface area contributed by atoms with Gasteiger partial charge in [0.25, 0.3) is 0 Å². The first-order valence-corrected chi connectivity index (χ1v) is 10.2. The van der Waals surface area contributed by atoms with Gasteiger partial charge in [-0.3, -0.25) is 0 Å². The van der Waals surface area contributed by atoms with Gasteiger partial charge in [0.15, 0.2) is 5.65 Å². The largest absolute Gasteiger partial charge is 0.367 e. The first kappa shape index (κ1) is 18.3. The van der Waals surface area contributed by atoms with Gasteiger partial charge in [0, 0.05) is 33.7 Å². The van der Waals surface area contributed by atoms with Gasteiger partial charge < -0.3 is 5.32 Å². The lowest BCUT2D eigenvalue weighted by atomic mass is 9.91. The van der Waals surface area contributed by atoms with Crippen LogP contribution in [0.2, 0.25) is 5.02 Å². The molecule has 0 unspecified atom stereocenters. The van der Waals surface area contributed by atoms with Crippen molar-refractivity contribution < 1.29 is 0 Å². The lowest BCUT2D eigenvalue weighted by molar-refractivity contribution is 0.460. The monoisotopic (exact) mass is 382 g/mol. The summed E-state index contributed by atoms with van der Waals surface area (Å²) in [6.07, 6.45) is 8.24. The topological polar surface area (TPSA) is 42.2 Å². The van der Waals surface area contributed by atoms with Crippen LogP contribution in [0.5, 0.6) is 0 Å². The molecule has 2 heterocycles. The molecule has 0 saturated heterocycles. The van der Waals surface area contributed by atoms with Crippen molar-refractivity contribution in [2.24, 2.45) is 0 Å². The van der Waals surface area contributed by atoms with Gasteiger partial charge in [-0.25, -0.2) is 4.98 Å². The van der Waals surface area contributed by atoms with Gasteiger partial charge in [0.1, 0.15) is 5.82 Å². The summed E-state index contributed by atoms with van der Waals surface area (Å²) >= 11 is 6.46. The van der Waals surface area contributed by atoms with Gasteiger partial charge in [-0.2, -0.15) is 9.61 Å². The zero-order valence-corrected chi connectivity index (χ0v) is 17.1. The summed E-state index contributed by atoms with van der Waals surface area (Å²) in [4.78, 5) is 4.98. The van der Waals surface area contributed by atoms with E-state index in [-0.39, 0.29) is 5.41 Å². The van der Waals surface area contributed by atoms with E-state index < -0.39 is 0 Å². The summed E-state index contributed by atoms with van der Waals surface area (Å²) in [5, 5.41) is 9.12. The molecule has 0 amide bonds. The molecule has 4 nitrogen and oxygen atoms in total. The Hall–Kier alpha value is -2.07. The molecule has 1 N–H and O–H groups in total. The second-order valence-electron chi connectivity index (χ2n) is 8.53. The van der Waals surface area contributed by atoms with Crippen LogP contribution in [0.25, 0.3) is 16.8 Å². The van der Waals surface area contributed by atoms with Crippen molar-refractivity contribution in [2.45, 2.75) is 64.3 Å². The van der Waals surface area contributed by atoms with Crippen LogP contribution in [-0.4, -0.2) is 20.6 Å². The van der Waals surface area contributed by atoms with Crippen LogP contribution < -0.4 is 5.32 Å². The molecule has 1 fully saturated rings. The highest BCUT2D eigenvalue weighted by Crippen LogP contribution is 2.33. The predicted octanol–water partition coefficient (Wildman–Crippen LogP) is 6.09. The number of anilines is 1. The van der Waals surface area contributed by atoms with Crippen molar-refractivity contribution in [3.05, 3.63) is 47.2 Å². The normalized spacial score (nSPS) is 16.0. The summed E-state index contributed by atoms with van der Waals surface area (Å²) in [5.41, 5.74) is 3.80. The molecule has 1 aliphatic rings. The molecule has 27 heavy (non-hydrogen) atoms. The van der Waals surface area contributed by atoms with Gasteiger partial charge in [-0.15, -0.1) is 0 Å². The number of hydrogen-bond acceptors (Lipinski definition) is 3. The lowest BCUT2D eigenvalue weighted by Crippen LogP contribution is -2.25. The molecule has 0 bridgehead atoms. The Morgan fingerprint density at radius 2 is 1.81 bits per heavy atom. The highest BCUT2D eigenvalue weighted by atomic mass is 35.5. The Morgan fingerprint density at radius 3 is 2.52 bits per heavy atom. The SMILES string of the molecule is CC(C)(C)c1cc(NC2CCCCC2)n2ncc(-c3ccccc3Cl)c2n1. The number of nitrogens with zero attached hydrogens (tertiary/aromatic N) is 3. The predicted molar refractivity (Wildman–Crippen MR) is 113 cm³/mol. The first-order chi connectivity index (χ1) is 12.9. The second kappa shape index (κ2) is 7.16. The average Bonchev–Trinajstić information content (AvgIpc) is 3.06. The number of fused-ring (bicyclic) bond motifs is 1. The number of nitrogens with one attached hydrogen (secondary N) is 1. The molecule has 5 heteroatoms. The van der Waals surface area contributed by atoms with E-state index in [9.17, 15) is 0 Å². The summed E-state index contributed by atoms with van der Waals surface area (Å²) in [6, 6.07) is 10.5. The maximum Gasteiger partial charge on any atom is 0.165 e. The minimum atomic E-state index is -0.0488. The van der Waals surface area contributed by atoms with Crippen LogP contribution >= 0.6 is 11.6 Å². The van der Waals surface area contributed by atoms with Gasteiger partial charge >= 0.3 is 0 Å². The number of rotatable bonds is 3. The van der Waals surface area contributed by atoms with E-state index in [2.05, 4.69) is 37.3 Å². The Bertz CT molecular complexity index is 949. The number of halogens is 1. The van der Waals surface area contributed by atoms with Crippen LogP contribution in [0.1, 0.15) is 58.6 Å². The fourth-order valence-corrected chi connectivity index (χ4v) is 4.01. The van der Waals surface area contributed by atoms with E-state index in [1.54, 1.807) is 0 Å². The molecule has 1 aliphatic carbocycles. The summed E-state index contributed by atoms with van der Waals surface area (Å²) in [7, 11) is 0. The average molecular weight is 383 g/mol. The molecule has 142 valence electrons. The molecular weight excluding hydrogens is 356 g/mol. The van der Waals surface area contributed by atoms with E-state index >= 15 is 0 Å². The van der Waals surface area contributed by atoms with Gasteiger partial charge in [0.05, 0.1) is 11.9 Å². The van der Waals surface area contributed by atoms with Crippen molar-refractivity contribution >= 4 is 23.1 Å². The molecule has 2 aromatic heterocycles. The van der Waals surface area contributed by atoms with Gasteiger partial charge in [-0.05, 0) is 18.9 Å². The third kappa shape index (κ3) is 3.68. The quantitative estimate of drug-likeness (QED) is 0.595.